The molecule has 0 saturated carbocycles. The molecule has 9 heteroatoms. The van der Waals surface area contributed by atoms with Crippen LogP contribution in [0.25, 0.3) is 0 Å². The van der Waals surface area contributed by atoms with Gasteiger partial charge in [0, 0.05) is 16.6 Å². The Morgan fingerprint density at radius 3 is 2.50 bits per heavy atom. The molecule has 0 aliphatic rings. The number of benzene rings is 2. The average molecular weight is 408 g/mol. The summed E-state index contributed by atoms with van der Waals surface area (Å²) < 4.78 is 30.7. The molecular formula is C19H18F2N2O4S. The summed E-state index contributed by atoms with van der Waals surface area (Å²) in [5.74, 6) is -3.94. The number of anilines is 1. The summed E-state index contributed by atoms with van der Waals surface area (Å²) in [6.45, 7) is 0.992. The molecule has 28 heavy (non-hydrogen) atoms. The third kappa shape index (κ3) is 6.99. The molecule has 0 unspecified atom stereocenters. The Morgan fingerprint density at radius 2 is 1.79 bits per heavy atom. The lowest BCUT2D eigenvalue weighted by molar-refractivity contribution is -0.146. The molecule has 0 aliphatic carbocycles. The maximum atomic E-state index is 13.1. The molecule has 2 aromatic rings. The van der Waals surface area contributed by atoms with E-state index < -0.39 is 42.6 Å². The Balaban J connectivity index is 1.66. The zero-order valence-corrected chi connectivity index (χ0v) is 15.8. The van der Waals surface area contributed by atoms with Gasteiger partial charge in [-0.1, -0.05) is 18.2 Å². The van der Waals surface area contributed by atoms with Crippen molar-refractivity contribution in [2.24, 2.45) is 0 Å². The van der Waals surface area contributed by atoms with E-state index >= 15 is 0 Å². The van der Waals surface area contributed by atoms with Gasteiger partial charge in [0.25, 0.3) is 5.91 Å². The van der Waals surface area contributed by atoms with Crippen LogP contribution in [-0.4, -0.2) is 36.7 Å². The van der Waals surface area contributed by atoms with Gasteiger partial charge in [0.15, 0.2) is 18.2 Å². The zero-order chi connectivity index (χ0) is 20.5. The number of ether oxygens (including phenoxy) is 1. The van der Waals surface area contributed by atoms with Gasteiger partial charge >= 0.3 is 5.97 Å². The molecule has 0 spiro atoms. The monoisotopic (exact) mass is 408 g/mol. The standard InChI is InChI=1S/C19H18F2N2O4S/c1-12-4-2-3-5-16(12)28-11-19(26)27-10-18(25)22-9-17(24)23-13-6-7-14(20)15(21)8-13/h2-8H,9-11H2,1H3,(H,22,25)(H,23,24). The third-order valence-electron chi connectivity index (χ3n) is 3.45. The van der Waals surface area contributed by atoms with Crippen LogP contribution in [0, 0.1) is 18.6 Å². The van der Waals surface area contributed by atoms with Crippen molar-refractivity contribution in [3.63, 3.8) is 0 Å². The molecular weight excluding hydrogens is 390 g/mol. The minimum atomic E-state index is -1.10. The number of hydrogen-bond acceptors (Lipinski definition) is 5. The minimum absolute atomic E-state index is 0.0503. The van der Waals surface area contributed by atoms with E-state index in [1.165, 1.54) is 17.8 Å². The van der Waals surface area contributed by atoms with E-state index in [2.05, 4.69) is 10.6 Å². The lowest BCUT2D eigenvalue weighted by atomic mass is 10.2. The van der Waals surface area contributed by atoms with Gasteiger partial charge in [-0.15, -0.1) is 11.8 Å². The fourth-order valence-corrected chi connectivity index (χ4v) is 2.88. The third-order valence-corrected chi connectivity index (χ3v) is 4.60. The molecule has 148 valence electrons. The van der Waals surface area contributed by atoms with Crippen molar-refractivity contribution in [2.45, 2.75) is 11.8 Å². The Kier molecular flexibility index (Phi) is 7.94. The number of carbonyl (C=O) groups is 3. The van der Waals surface area contributed by atoms with E-state index in [9.17, 15) is 23.2 Å². The van der Waals surface area contributed by atoms with Gasteiger partial charge in [0.2, 0.25) is 5.91 Å². The number of esters is 1. The van der Waals surface area contributed by atoms with Crippen LogP contribution in [-0.2, 0) is 19.1 Å². The van der Waals surface area contributed by atoms with Crippen LogP contribution in [0.3, 0.4) is 0 Å². The Labute approximate surface area is 164 Å². The lowest BCUT2D eigenvalue weighted by Gasteiger charge is -2.08. The lowest BCUT2D eigenvalue weighted by Crippen LogP contribution is -2.35. The predicted molar refractivity (Wildman–Crippen MR) is 101 cm³/mol. The highest BCUT2D eigenvalue weighted by Gasteiger charge is 2.11. The van der Waals surface area contributed by atoms with Gasteiger partial charge in [0.1, 0.15) is 0 Å². The van der Waals surface area contributed by atoms with E-state index in [4.69, 9.17) is 4.74 Å². The summed E-state index contributed by atoms with van der Waals surface area (Å²) in [6, 6.07) is 10.4. The predicted octanol–water partition coefficient (Wildman–Crippen LogP) is 2.66. The minimum Gasteiger partial charge on any atom is -0.455 e. The molecule has 0 saturated heterocycles. The van der Waals surface area contributed by atoms with Crippen molar-refractivity contribution in [3.8, 4) is 0 Å². The van der Waals surface area contributed by atoms with E-state index in [1.54, 1.807) is 0 Å². The highest BCUT2D eigenvalue weighted by atomic mass is 32.2. The molecule has 0 radical (unpaired) electrons. The molecule has 0 fully saturated rings. The molecule has 0 atom stereocenters. The highest BCUT2D eigenvalue weighted by molar-refractivity contribution is 8.00. The van der Waals surface area contributed by atoms with Crippen LogP contribution in [0.2, 0.25) is 0 Å². The Bertz CT molecular complexity index is 877. The average Bonchev–Trinajstić information content (AvgIpc) is 2.67. The second kappa shape index (κ2) is 10.4. The van der Waals surface area contributed by atoms with E-state index in [1.807, 2.05) is 31.2 Å². The summed E-state index contributed by atoms with van der Waals surface area (Å²) in [4.78, 5) is 36.0. The van der Waals surface area contributed by atoms with Gasteiger partial charge in [-0.25, -0.2) is 8.78 Å². The topological polar surface area (TPSA) is 84.5 Å². The van der Waals surface area contributed by atoms with Gasteiger partial charge in [-0.05, 0) is 30.7 Å². The number of thioether (sulfide) groups is 1. The van der Waals surface area contributed by atoms with Crippen molar-refractivity contribution in [1.82, 2.24) is 5.32 Å². The van der Waals surface area contributed by atoms with Gasteiger partial charge in [0.05, 0.1) is 12.3 Å². The molecule has 0 aromatic heterocycles. The molecule has 0 bridgehead atoms. The first-order valence-corrected chi connectivity index (χ1v) is 9.19. The van der Waals surface area contributed by atoms with Crippen LogP contribution in [0.1, 0.15) is 5.56 Å². The summed E-state index contributed by atoms with van der Waals surface area (Å²) >= 11 is 1.30. The van der Waals surface area contributed by atoms with Crippen molar-refractivity contribution >= 4 is 35.2 Å². The van der Waals surface area contributed by atoms with E-state index in [0.717, 1.165) is 22.6 Å². The fourth-order valence-electron chi connectivity index (χ4n) is 2.05. The fraction of sp³-hybridized carbons (Fsp3) is 0.211. The maximum Gasteiger partial charge on any atom is 0.316 e. The first-order chi connectivity index (χ1) is 13.3. The number of amides is 2. The van der Waals surface area contributed by atoms with E-state index in [0.29, 0.717) is 0 Å². The Morgan fingerprint density at radius 1 is 1.04 bits per heavy atom. The van der Waals surface area contributed by atoms with Crippen LogP contribution >= 0.6 is 11.8 Å². The largest absolute Gasteiger partial charge is 0.455 e. The summed E-state index contributed by atoms with van der Waals surface area (Å²) in [7, 11) is 0. The first-order valence-electron chi connectivity index (χ1n) is 8.21. The van der Waals surface area contributed by atoms with Gasteiger partial charge < -0.3 is 15.4 Å². The highest BCUT2D eigenvalue weighted by Crippen LogP contribution is 2.21. The SMILES string of the molecule is Cc1ccccc1SCC(=O)OCC(=O)NCC(=O)Nc1ccc(F)c(F)c1. The first kappa shape index (κ1) is 21.4. The van der Waals surface area contributed by atoms with Gasteiger partial charge in [-0.2, -0.15) is 0 Å². The van der Waals surface area contributed by atoms with Crippen LogP contribution in [0.5, 0.6) is 0 Å². The summed E-state index contributed by atoms with van der Waals surface area (Å²) in [6.07, 6.45) is 0. The number of halogens is 2. The maximum absolute atomic E-state index is 13.1. The zero-order valence-electron chi connectivity index (χ0n) is 15.0. The van der Waals surface area contributed by atoms with Crippen molar-refractivity contribution in [3.05, 3.63) is 59.7 Å². The second-order valence-electron chi connectivity index (χ2n) is 5.67. The quantitative estimate of drug-likeness (QED) is 0.518. The van der Waals surface area contributed by atoms with Crippen LogP contribution in [0.4, 0.5) is 14.5 Å². The van der Waals surface area contributed by atoms with Crippen molar-refractivity contribution in [2.75, 3.05) is 24.2 Å². The molecule has 2 rings (SSSR count). The number of carbonyl (C=O) groups excluding carboxylic acids is 3. The summed E-state index contributed by atoms with van der Waals surface area (Å²) in [5, 5.41) is 4.57. The van der Waals surface area contributed by atoms with E-state index in [-0.39, 0.29) is 11.4 Å². The Hall–Kier alpha value is -2.94. The number of nitrogens with one attached hydrogen (secondary N) is 2. The van der Waals surface area contributed by atoms with Crippen molar-refractivity contribution < 1.29 is 27.9 Å². The summed E-state index contributed by atoms with van der Waals surface area (Å²) in [5.41, 5.74) is 1.09. The smallest absolute Gasteiger partial charge is 0.316 e. The second-order valence-corrected chi connectivity index (χ2v) is 6.69. The number of hydrogen-bond donors (Lipinski definition) is 2. The number of aryl methyl sites for hydroxylation is 1. The number of rotatable bonds is 8. The molecule has 2 aromatic carbocycles. The molecule has 2 amide bonds. The van der Waals surface area contributed by atoms with Gasteiger partial charge in [-0.3, -0.25) is 14.4 Å². The molecule has 0 heterocycles. The molecule has 2 N–H and O–H groups in total. The normalized spacial score (nSPS) is 10.2. The van der Waals surface area contributed by atoms with Crippen LogP contribution < -0.4 is 10.6 Å². The van der Waals surface area contributed by atoms with Crippen LogP contribution in [0.15, 0.2) is 47.4 Å². The molecule has 0 aliphatic heterocycles. The van der Waals surface area contributed by atoms with Crippen molar-refractivity contribution in [1.29, 1.82) is 0 Å². The molecule has 6 nitrogen and oxygen atoms in total.